The van der Waals surface area contributed by atoms with E-state index in [4.69, 9.17) is 4.89 Å². The SMILES string of the molecule is CC(C)(CCCCSc1ccc(CNCCCO[PH](=O)O)cc1)c1ccccc1. The molecule has 2 rings (SSSR count). The van der Waals surface area contributed by atoms with Gasteiger partial charge in [0.2, 0.25) is 0 Å². The van der Waals surface area contributed by atoms with Gasteiger partial charge in [-0.25, -0.2) is 0 Å². The molecule has 2 N–H and O–H groups in total. The van der Waals surface area contributed by atoms with Crippen molar-refractivity contribution in [2.24, 2.45) is 0 Å². The van der Waals surface area contributed by atoms with Crippen LogP contribution in [0.5, 0.6) is 0 Å². The molecule has 29 heavy (non-hydrogen) atoms. The predicted molar refractivity (Wildman–Crippen MR) is 124 cm³/mol. The molecule has 0 radical (unpaired) electrons. The molecule has 0 aliphatic carbocycles. The fourth-order valence-corrected chi connectivity index (χ4v) is 4.42. The topological polar surface area (TPSA) is 58.6 Å². The van der Waals surface area contributed by atoms with E-state index in [2.05, 4.69) is 78.3 Å². The van der Waals surface area contributed by atoms with Crippen molar-refractivity contribution < 1.29 is 14.0 Å². The van der Waals surface area contributed by atoms with Crippen LogP contribution in [-0.2, 0) is 21.0 Å². The lowest BCUT2D eigenvalue weighted by atomic mass is 9.80. The van der Waals surface area contributed by atoms with Gasteiger partial charge in [-0.05, 0) is 60.2 Å². The van der Waals surface area contributed by atoms with Crippen molar-refractivity contribution in [3.8, 4) is 0 Å². The monoisotopic (exact) mass is 435 g/mol. The lowest BCUT2D eigenvalue weighted by molar-refractivity contribution is 0.276. The third-order valence-electron chi connectivity index (χ3n) is 5.00. The van der Waals surface area contributed by atoms with Crippen molar-refractivity contribution in [2.75, 3.05) is 18.9 Å². The maximum Gasteiger partial charge on any atom is 0.316 e. The van der Waals surface area contributed by atoms with Crippen molar-refractivity contribution >= 4 is 20.0 Å². The number of thioether (sulfide) groups is 1. The van der Waals surface area contributed by atoms with Crippen LogP contribution in [0.1, 0.15) is 50.7 Å². The Hall–Kier alpha value is -1.10. The molecule has 160 valence electrons. The van der Waals surface area contributed by atoms with E-state index in [1.165, 1.54) is 35.3 Å². The van der Waals surface area contributed by atoms with E-state index in [-0.39, 0.29) is 5.41 Å². The molecule has 0 amide bonds. The molecule has 0 saturated carbocycles. The van der Waals surface area contributed by atoms with Gasteiger partial charge in [-0.3, -0.25) is 4.57 Å². The fourth-order valence-electron chi connectivity index (χ4n) is 3.19. The number of hydrogen-bond acceptors (Lipinski definition) is 4. The number of benzene rings is 2. The standard InChI is InChI=1S/C23H34NO3PS/c1-23(2,21-9-4-3-5-10-21)15-6-7-18-29-22-13-11-20(12-14-22)19-24-16-8-17-27-28(25)26/h3-5,9-14,24,28H,6-8,15-19H2,1-2H3,(H,25,26). The molecular formula is C23H34NO3PS. The Morgan fingerprint density at radius 3 is 2.45 bits per heavy atom. The van der Waals surface area contributed by atoms with E-state index in [1.54, 1.807) is 0 Å². The second kappa shape index (κ2) is 13.3. The molecule has 0 aromatic heterocycles. The number of hydrogen-bond donors (Lipinski definition) is 2. The van der Waals surface area contributed by atoms with E-state index >= 15 is 0 Å². The van der Waals surface area contributed by atoms with Gasteiger partial charge in [0.15, 0.2) is 0 Å². The largest absolute Gasteiger partial charge is 0.326 e. The molecule has 1 unspecified atom stereocenters. The summed E-state index contributed by atoms with van der Waals surface area (Å²) in [4.78, 5) is 9.91. The van der Waals surface area contributed by atoms with Crippen LogP contribution in [0.3, 0.4) is 0 Å². The highest BCUT2D eigenvalue weighted by atomic mass is 32.2. The van der Waals surface area contributed by atoms with E-state index < -0.39 is 8.25 Å². The number of rotatable bonds is 14. The van der Waals surface area contributed by atoms with Gasteiger partial charge in [0, 0.05) is 11.4 Å². The van der Waals surface area contributed by atoms with Crippen molar-refractivity contribution in [2.45, 2.75) is 56.4 Å². The predicted octanol–water partition coefficient (Wildman–Crippen LogP) is 5.81. The molecule has 0 bridgehead atoms. The van der Waals surface area contributed by atoms with Gasteiger partial charge in [0.25, 0.3) is 0 Å². The first-order valence-corrected chi connectivity index (χ1v) is 12.6. The third kappa shape index (κ3) is 9.97. The zero-order valence-corrected chi connectivity index (χ0v) is 19.3. The third-order valence-corrected chi connectivity index (χ3v) is 6.55. The molecular weight excluding hydrogens is 401 g/mol. The van der Waals surface area contributed by atoms with Gasteiger partial charge in [-0.1, -0.05) is 62.7 Å². The minimum Gasteiger partial charge on any atom is -0.326 e. The summed E-state index contributed by atoms with van der Waals surface area (Å²) in [6.45, 7) is 6.56. The molecule has 0 aliphatic rings. The maximum atomic E-state index is 10.4. The van der Waals surface area contributed by atoms with Crippen molar-refractivity contribution in [3.63, 3.8) is 0 Å². The molecule has 2 aromatic rings. The van der Waals surface area contributed by atoms with Crippen LogP contribution in [0, 0.1) is 0 Å². The lowest BCUT2D eigenvalue weighted by Gasteiger charge is -2.25. The average molecular weight is 436 g/mol. The normalized spacial score (nSPS) is 12.8. The Morgan fingerprint density at radius 1 is 1.03 bits per heavy atom. The molecule has 0 saturated heterocycles. The minimum absolute atomic E-state index is 0.239. The average Bonchev–Trinajstić information content (AvgIpc) is 2.72. The van der Waals surface area contributed by atoms with Gasteiger partial charge in [-0.2, -0.15) is 0 Å². The quantitative estimate of drug-likeness (QED) is 0.223. The Bertz CT molecular complexity index is 723. The molecule has 4 nitrogen and oxygen atoms in total. The Balaban J connectivity index is 1.58. The highest BCUT2D eigenvalue weighted by molar-refractivity contribution is 7.99. The molecule has 0 fully saturated rings. The summed E-state index contributed by atoms with van der Waals surface area (Å²) in [7, 11) is -2.79. The van der Waals surface area contributed by atoms with Crippen LogP contribution >= 0.6 is 20.0 Å². The Labute approximate surface area is 180 Å². The van der Waals surface area contributed by atoms with E-state index in [1.807, 2.05) is 11.8 Å². The van der Waals surface area contributed by atoms with Crippen LogP contribution in [-0.4, -0.2) is 23.8 Å². The van der Waals surface area contributed by atoms with E-state index in [0.29, 0.717) is 6.61 Å². The number of unbranched alkanes of at least 4 members (excludes halogenated alkanes) is 1. The summed E-state index contributed by atoms with van der Waals surface area (Å²) in [6, 6.07) is 19.5. The minimum atomic E-state index is -2.79. The van der Waals surface area contributed by atoms with Crippen LogP contribution in [0.4, 0.5) is 0 Å². The molecule has 6 heteroatoms. The van der Waals surface area contributed by atoms with Crippen molar-refractivity contribution in [1.82, 2.24) is 5.32 Å². The first-order chi connectivity index (χ1) is 14.0. The first kappa shape index (κ1) is 24.2. The van der Waals surface area contributed by atoms with Crippen LogP contribution in [0.25, 0.3) is 0 Å². The molecule has 0 spiro atoms. The lowest BCUT2D eigenvalue weighted by Crippen LogP contribution is -2.16. The number of nitrogens with one attached hydrogen (secondary N) is 1. The second-order valence-corrected chi connectivity index (χ2v) is 9.83. The van der Waals surface area contributed by atoms with Crippen LogP contribution < -0.4 is 5.32 Å². The highest BCUT2D eigenvalue weighted by Crippen LogP contribution is 2.29. The Morgan fingerprint density at radius 2 is 1.76 bits per heavy atom. The first-order valence-electron chi connectivity index (χ1n) is 10.3. The summed E-state index contributed by atoms with van der Waals surface area (Å²) < 4.78 is 15.1. The van der Waals surface area contributed by atoms with Crippen LogP contribution in [0.15, 0.2) is 59.5 Å². The maximum absolute atomic E-state index is 10.4. The zero-order chi connectivity index (χ0) is 21.0. The summed E-state index contributed by atoms with van der Waals surface area (Å²) in [5.74, 6) is 1.15. The zero-order valence-electron chi connectivity index (χ0n) is 17.5. The molecule has 0 heterocycles. The van der Waals surface area contributed by atoms with Gasteiger partial charge in [0.05, 0.1) is 6.61 Å². The fraction of sp³-hybridized carbons (Fsp3) is 0.478. The molecule has 0 aliphatic heterocycles. The highest BCUT2D eigenvalue weighted by Gasteiger charge is 2.19. The van der Waals surface area contributed by atoms with E-state index in [0.717, 1.165) is 25.3 Å². The smallest absolute Gasteiger partial charge is 0.316 e. The summed E-state index contributed by atoms with van der Waals surface area (Å²) >= 11 is 1.93. The second-order valence-electron chi connectivity index (χ2n) is 7.84. The summed E-state index contributed by atoms with van der Waals surface area (Å²) in [5.41, 5.74) is 2.91. The summed E-state index contributed by atoms with van der Waals surface area (Å²) in [5, 5.41) is 3.32. The molecule has 2 aromatic carbocycles. The van der Waals surface area contributed by atoms with Crippen molar-refractivity contribution in [1.29, 1.82) is 0 Å². The molecule has 1 atom stereocenters. The summed E-state index contributed by atoms with van der Waals surface area (Å²) in [6.07, 6.45) is 4.41. The van der Waals surface area contributed by atoms with Crippen LogP contribution in [0.2, 0.25) is 0 Å². The van der Waals surface area contributed by atoms with Gasteiger partial charge < -0.3 is 14.7 Å². The van der Waals surface area contributed by atoms with Crippen molar-refractivity contribution in [3.05, 3.63) is 65.7 Å². The Kier molecular flexibility index (Phi) is 11.0. The van der Waals surface area contributed by atoms with Gasteiger partial charge in [-0.15, -0.1) is 11.8 Å². The van der Waals surface area contributed by atoms with Gasteiger partial charge in [0.1, 0.15) is 0 Å². The van der Waals surface area contributed by atoms with Gasteiger partial charge >= 0.3 is 8.25 Å². The van der Waals surface area contributed by atoms with E-state index in [9.17, 15) is 4.57 Å².